The summed E-state index contributed by atoms with van der Waals surface area (Å²) in [5.74, 6) is 0. The van der Waals surface area contributed by atoms with Crippen LogP contribution in [0.15, 0.2) is 47.7 Å². The number of piperidine rings is 1. The van der Waals surface area contributed by atoms with Crippen molar-refractivity contribution < 1.29 is 0 Å². The van der Waals surface area contributed by atoms with Gasteiger partial charge in [0.1, 0.15) is 0 Å². The Hall–Kier alpha value is -2.30. The first-order valence-electron chi connectivity index (χ1n) is 7.30. The second-order valence-corrected chi connectivity index (χ2v) is 5.48. The van der Waals surface area contributed by atoms with Gasteiger partial charge in [-0.1, -0.05) is 0 Å². The largest absolute Gasteiger partial charge is 0.381 e. The Balaban J connectivity index is 1.58. The summed E-state index contributed by atoms with van der Waals surface area (Å²) < 4.78 is 1.61. The summed E-state index contributed by atoms with van der Waals surface area (Å²) in [7, 11) is 1.78. The van der Waals surface area contributed by atoms with Crippen LogP contribution in [0.5, 0.6) is 0 Å². The van der Waals surface area contributed by atoms with Gasteiger partial charge in [0.05, 0.1) is 5.69 Å². The molecule has 0 aromatic carbocycles. The smallest absolute Gasteiger partial charge is 0.250 e. The molecule has 0 atom stereocenters. The molecule has 1 aliphatic rings. The molecule has 1 fully saturated rings. The van der Waals surface area contributed by atoms with Crippen LogP contribution in [0.2, 0.25) is 0 Å². The lowest BCUT2D eigenvalue weighted by atomic mass is 10.0. The van der Waals surface area contributed by atoms with E-state index in [1.165, 1.54) is 5.69 Å². The van der Waals surface area contributed by atoms with Gasteiger partial charge in [-0.15, -0.1) is 0 Å². The van der Waals surface area contributed by atoms with E-state index in [4.69, 9.17) is 0 Å². The molecule has 2 aromatic rings. The lowest BCUT2D eigenvalue weighted by molar-refractivity contribution is 0.526. The molecule has 0 spiro atoms. The fourth-order valence-electron chi connectivity index (χ4n) is 2.75. The highest BCUT2D eigenvalue weighted by molar-refractivity contribution is 5.46. The van der Waals surface area contributed by atoms with Gasteiger partial charge < -0.3 is 14.8 Å². The molecule has 2 aromatic heterocycles. The summed E-state index contributed by atoms with van der Waals surface area (Å²) in [6.45, 7) is 2.07. The van der Waals surface area contributed by atoms with Crippen molar-refractivity contribution in [2.24, 2.45) is 7.05 Å². The van der Waals surface area contributed by atoms with Crippen LogP contribution < -0.4 is 15.8 Å². The molecular weight excluding hydrogens is 264 g/mol. The minimum Gasteiger partial charge on any atom is -0.381 e. The van der Waals surface area contributed by atoms with E-state index in [1.807, 2.05) is 24.7 Å². The SMILES string of the molecule is Cn1cc(NC2CCN(c3ccncc3)CC2)ccc1=O. The molecule has 5 heteroatoms. The number of nitrogens with one attached hydrogen (secondary N) is 1. The Kier molecular flexibility index (Phi) is 3.90. The first kappa shape index (κ1) is 13.7. The van der Waals surface area contributed by atoms with Crippen LogP contribution in [0.1, 0.15) is 12.8 Å². The Morgan fingerprint density at radius 3 is 2.52 bits per heavy atom. The number of aryl methyl sites for hydroxylation is 1. The Labute approximate surface area is 124 Å². The maximum absolute atomic E-state index is 11.4. The summed E-state index contributed by atoms with van der Waals surface area (Å²) in [5, 5.41) is 3.52. The maximum atomic E-state index is 11.4. The van der Waals surface area contributed by atoms with Gasteiger partial charge in [0, 0.05) is 56.5 Å². The van der Waals surface area contributed by atoms with Crippen molar-refractivity contribution in [3.63, 3.8) is 0 Å². The molecule has 5 nitrogen and oxygen atoms in total. The second-order valence-electron chi connectivity index (χ2n) is 5.48. The zero-order chi connectivity index (χ0) is 14.7. The van der Waals surface area contributed by atoms with Crippen LogP contribution in [0, 0.1) is 0 Å². The Bertz CT molecular complexity index is 645. The van der Waals surface area contributed by atoms with Crippen LogP contribution in [-0.4, -0.2) is 28.7 Å². The fourth-order valence-corrected chi connectivity index (χ4v) is 2.75. The van der Waals surface area contributed by atoms with E-state index >= 15 is 0 Å². The molecule has 3 heterocycles. The quantitative estimate of drug-likeness (QED) is 0.934. The van der Waals surface area contributed by atoms with Gasteiger partial charge in [0.15, 0.2) is 0 Å². The third kappa shape index (κ3) is 3.24. The standard InChI is InChI=1S/C16H20N4O/c1-19-12-14(2-3-16(19)21)18-13-6-10-20(11-7-13)15-4-8-17-9-5-15/h2-5,8-9,12-13,18H,6-7,10-11H2,1H3. The normalized spacial score (nSPS) is 16.0. The van der Waals surface area contributed by atoms with Crippen LogP contribution in [0.3, 0.4) is 0 Å². The van der Waals surface area contributed by atoms with Gasteiger partial charge in [0.25, 0.3) is 0 Å². The van der Waals surface area contributed by atoms with Crippen LogP contribution in [0.25, 0.3) is 0 Å². The first-order valence-corrected chi connectivity index (χ1v) is 7.30. The highest BCUT2D eigenvalue weighted by Crippen LogP contribution is 2.21. The molecule has 0 amide bonds. The highest BCUT2D eigenvalue weighted by Gasteiger charge is 2.19. The van der Waals surface area contributed by atoms with E-state index in [9.17, 15) is 4.79 Å². The van der Waals surface area contributed by atoms with E-state index in [-0.39, 0.29) is 5.56 Å². The third-order valence-electron chi connectivity index (χ3n) is 3.98. The minimum absolute atomic E-state index is 0.0213. The average molecular weight is 284 g/mol. The maximum Gasteiger partial charge on any atom is 0.250 e. The fraction of sp³-hybridized carbons (Fsp3) is 0.375. The van der Waals surface area contributed by atoms with Crippen LogP contribution in [-0.2, 0) is 7.05 Å². The average Bonchev–Trinajstić information content (AvgIpc) is 2.53. The Morgan fingerprint density at radius 2 is 1.86 bits per heavy atom. The first-order chi connectivity index (χ1) is 10.2. The number of hydrogen-bond acceptors (Lipinski definition) is 4. The van der Waals surface area contributed by atoms with Crippen molar-refractivity contribution in [1.29, 1.82) is 0 Å². The molecule has 0 aliphatic carbocycles. The number of anilines is 2. The molecule has 0 unspecified atom stereocenters. The molecule has 0 bridgehead atoms. The van der Waals surface area contributed by atoms with Gasteiger partial charge in [-0.2, -0.15) is 0 Å². The monoisotopic (exact) mass is 284 g/mol. The lowest BCUT2D eigenvalue weighted by Crippen LogP contribution is -2.39. The van der Waals surface area contributed by atoms with Crippen LogP contribution >= 0.6 is 0 Å². The lowest BCUT2D eigenvalue weighted by Gasteiger charge is -2.34. The van der Waals surface area contributed by atoms with E-state index < -0.39 is 0 Å². The van der Waals surface area contributed by atoms with E-state index in [0.717, 1.165) is 31.6 Å². The van der Waals surface area contributed by atoms with Gasteiger partial charge in [0.2, 0.25) is 5.56 Å². The summed E-state index contributed by atoms with van der Waals surface area (Å²) in [4.78, 5) is 17.8. The van der Waals surface area contributed by atoms with Crippen molar-refractivity contribution in [3.8, 4) is 0 Å². The zero-order valence-electron chi connectivity index (χ0n) is 12.2. The molecule has 0 radical (unpaired) electrons. The van der Waals surface area contributed by atoms with Gasteiger partial charge in [-0.3, -0.25) is 9.78 Å². The number of nitrogens with zero attached hydrogens (tertiary/aromatic N) is 3. The van der Waals surface area contributed by atoms with Crippen molar-refractivity contribution in [2.45, 2.75) is 18.9 Å². The third-order valence-corrected chi connectivity index (χ3v) is 3.98. The second kappa shape index (κ2) is 5.99. The van der Waals surface area contributed by atoms with E-state index in [1.54, 1.807) is 17.7 Å². The predicted octanol–water partition coefficient (Wildman–Crippen LogP) is 1.86. The number of hydrogen-bond donors (Lipinski definition) is 1. The molecule has 0 saturated carbocycles. The molecule has 1 aliphatic heterocycles. The Morgan fingerprint density at radius 1 is 1.14 bits per heavy atom. The topological polar surface area (TPSA) is 50.2 Å². The van der Waals surface area contributed by atoms with Crippen LogP contribution in [0.4, 0.5) is 11.4 Å². The summed E-state index contributed by atoms with van der Waals surface area (Å²) >= 11 is 0. The van der Waals surface area contributed by atoms with Gasteiger partial charge in [-0.25, -0.2) is 0 Å². The molecule has 3 rings (SSSR count). The van der Waals surface area contributed by atoms with Crippen molar-refractivity contribution in [2.75, 3.05) is 23.3 Å². The van der Waals surface area contributed by atoms with E-state index in [2.05, 4.69) is 27.3 Å². The molecule has 21 heavy (non-hydrogen) atoms. The van der Waals surface area contributed by atoms with Gasteiger partial charge in [-0.05, 0) is 31.0 Å². The van der Waals surface area contributed by atoms with E-state index in [0.29, 0.717) is 6.04 Å². The number of aromatic nitrogens is 2. The zero-order valence-corrected chi connectivity index (χ0v) is 12.2. The molecular formula is C16H20N4O. The highest BCUT2D eigenvalue weighted by atomic mass is 16.1. The van der Waals surface area contributed by atoms with Gasteiger partial charge >= 0.3 is 0 Å². The molecule has 1 N–H and O–H groups in total. The minimum atomic E-state index is 0.0213. The molecule has 1 saturated heterocycles. The number of pyridine rings is 2. The predicted molar refractivity (Wildman–Crippen MR) is 84.8 cm³/mol. The summed E-state index contributed by atoms with van der Waals surface area (Å²) in [5.41, 5.74) is 2.28. The van der Waals surface area contributed by atoms with Crippen molar-refractivity contribution >= 4 is 11.4 Å². The number of rotatable bonds is 3. The molecule has 110 valence electrons. The summed E-state index contributed by atoms with van der Waals surface area (Å²) in [6, 6.07) is 8.04. The van der Waals surface area contributed by atoms with Crippen molar-refractivity contribution in [3.05, 3.63) is 53.2 Å². The van der Waals surface area contributed by atoms with Crippen molar-refractivity contribution in [1.82, 2.24) is 9.55 Å². The summed E-state index contributed by atoms with van der Waals surface area (Å²) in [6.07, 6.45) is 7.71.